The number of furan rings is 1. The van der Waals surface area contributed by atoms with Gasteiger partial charge in [-0.3, -0.25) is 0 Å². The Kier molecular flexibility index (Phi) is 4.34. The Labute approximate surface area is 159 Å². The number of ether oxygens (including phenoxy) is 2. The predicted octanol–water partition coefficient (Wildman–Crippen LogP) is 6.05. The number of allylic oxidation sites excluding steroid dienone is 1. The van der Waals surface area contributed by atoms with Gasteiger partial charge < -0.3 is 13.9 Å². The second-order valence-corrected chi connectivity index (χ2v) is 6.41. The molecule has 0 amide bonds. The summed E-state index contributed by atoms with van der Waals surface area (Å²) >= 11 is 12.1. The molecule has 4 rings (SSSR count). The summed E-state index contributed by atoms with van der Waals surface area (Å²) in [5.74, 6) is 2.43. The Bertz CT molecular complexity index is 1060. The highest BCUT2D eigenvalue weighted by molar-refractivity contribution is 6.36. The number of halogens is 2. The van der Waals surface area contributed by atoms with E-state index in [9.17, 15) is 5.26 Å². The maximum absolute atomic E-state index is 9.52. The fourth-order valence-corrected chi connectivity index (χ4v) is 3.15. The minimum atomic E-state index is 0.188. The van der Waals surface area contributed by atoms with Gasteiger partial charge in [0.15, 0.2) is 11.5 Å². The van der Waals surface area contributed by atoms with Crippen molar-refractivity contribution in [1.82, 2.24) is 0 Å². The molecule has 1 aliphatic heterocycles. The molecule has 1 aliphatic rings. The second kappa shape index (κ2) is 6.80. The van der Waals surface area contributed by atoms with Crippen LogP contribution < -0.4 is 9.47 Å². The van der Waals surface area contributed by atoms with E-state index in [-0.39, 0.29) is 6.79 Å². The standard InChI is InChI=1S/C20H11Cl2NO3/c21-14-2-4-16(17(22)9-14)18-6-3-15(26-18)7-13(10-23)12-1-5-19-20(8-12)25-11-24-19/h1-9H,11H2/b13-7-. The van der Waals surface area contributed by atoms with Crippen molar-refractivity contribution in [1.29, 1.82) is 5.26 Å². The first kappa shape index (κ1) is 16.6. The molecule has 0 N–H and O–H groups in total. The highest BCUT2D eigenvalue weighted by Gasteiger charge is 2.15. The maximum atomic E-state index is 9.52. The quantitative estimate of drug-likeness (QED) is 0.516. The summed E-state index contributed by atoms with van der Waals surface area (Å²) < 4.78 is 16.5. The van der Waals surface area contributed by atoms with Crippen molar-refractivity contribution in [2.45, 2.75) is 0 Å². The monoisotopic (exact) mass is 383 g/mol. The van der Waals surface area contributed by atoms with Gasteiger partial charge in [-0.15, -0.1) is 0 Å². The van der Waals surface area contributed by atoms with Crippen LogP contribution in [-0.4, -0.2) is 6.79 Å². The van der Waals surface area contributed by atoms with Crippen LogP contribution in [0.4, 0.5) is 0 Å². The Morgan fingerprint density at radius 2 is 1.85 bits per heavy atom. The number of nitriles is 1. The van der Waals surface area contributed by atoms with Crippen molar-refractivity contribution in [3.8, 4) is 28.9 Å². The van der Waals surface area contributed by atoms with Crippen LogP contribution in [0.5, 0.6) is 11.5 Å². The van der Waals surface area contributed by atoms with Gasteiger partial charge in [-0.25, -0.2) is 0 Å². The molecular weight excluding hydrogens is 373 g/mol. The van der Waals surface area contributed by atoms with E-state index < -0.39 is 0 Å². The molecular formula is C20H11Cl2NO3. The molecule has 3 aromatic rings. The fourth-order valence-electron chi connectivity index (χ4n) is 2.65. The van der Waals surface area contributed by atoms with Crippen molar-refractivity contribution < 1.29 is 13.9 Å². The van der Waals surface area contributed by atoms with Gasteiger partial charge in [-0.2, -0.15) is 5.26 Å². The van der Waals surface area contributed by atoms with E-state index in [1.165, 1.54) is 0 Å². The second-order valence-electron chi connectivity index (χ2n) is 5.56. The van der Waals surface area contributed by atoms with Crippen LogP contribution in [0.1, 0.15) is 11.3 Å². The Morgan fingerprint density at radius 1 is 1.00 bits per heavy atom. The predicted molar refractivity (Wildman–Crippen MR) is 100 cm³/mol. The van der Waals surface area contributed by atoms with Crippen LogP contribution in [0, 0.1) is 11.3 Å². The molecule has 0 unspecified atom stereocenters. The van der Waals surface area contributed by atoms with Crippen LogP contribution >= 0.6 is 23.2 Å². The van der Waals surface area contributed by atoms with Gasteiger partial charge in [0.2, 0.25) is 6.79 Å². The van der Waals surface area contributed by atoms with E-state index in [1.54, 1.807) is 48.5 Å². The van der Waals surface area contributed by atoms with Gasteiger partial charge in [0.25, 0.3) is 0 Å². The average Bonchev–Trinajstić information content (AvgIpc) is 3.28. The lowest BCUT2D eigenvalue weighted by Gasteiger charge is -2.02. The van der Waals surface area contributed by atoms with E-state index in [0.717, 1.165) is 11.1 Å². The van der Waals surface area contributed by atoms with Crippen LogP contribution in [0.2, 0.25) is 10.0 Å². The van der Waals surface area contributed by atoms with Crippen molar-refractivity contribution in [2.75, 3.05) is 6.79 Å². The molecule has 0 fully saturated rings. The number of nitrogens with zero attached hydrogens (tertiary/aromatic N) is 1. The largest absolute Gasteiger partial charge is 0.457 e. The molecule has 2 heterocycles. The zero-order valence-electron chi connectivity index (χ0n) is 13.3. The lowest BCUT2D eigenvalue weighted by Crippen LogP contribution is -1.92. The van der Waals surface area contributed by atoms with Crippen molar-refractivity contribution in [3.63, 3.8) is 0 Å². The minimum absolute atomic E-state index is 0.188. The van der Waals surface area contributed by atoms with Crippen LogP contribution in [-0.2, 0) is 0 Å². The van der Waals surface area contributed by atoms with Gasteiger partial charge in [0.1, 0.15) is 11.5 Å². The van der Waals surface area contributed by atoms with E-state index >= 15 is 0 Å². The molecule has 0 aliphatic carbocycles. The summed E-state index contributed by atoms with van der Waals surface area (Å²) in [6.45, 7) is 0.188. The number of fused-ring (bicyclic) bond motifs is 1. The molecule has 0 saturated carbocycles. The van der Waals surface area contributed by atoms with Gasteiger partial charge in [0.05, 0.1) is 16.7 Å². The zero-order valence-corrected chi connectivity index (χ0v) is 14.8. The topological polar surface area (TPSA) is 55.4 Å². The Morgan fingerprint density at radius 3 is 2.65 bits per heavy atom. The minimum Gasteiger partial charge on any atom is -0.457 e. The van der Waals surface area contributed by atoms with E-state index in [0.29, 0.717) is 38.6 Å². The van der Waals surface area contributed by atoms with Gasteiger partial charge >= 0.3 is 0 Å². The zero-order chi connectivity index (χ0) is 18.1. The van der Waals surface area contributed by atoms with Crippen LogP contribution in [0.3, 0.4) is 0 Å². The highest BCUT2D eigenvalue weighted by atomic mass is 35.5. The summed E-state index contributed by atoms with van der Waals surface area (Å²) in [4.78, 5) is 0. The summed E-state index contributed by atoms with van der Waals surface area (Å²) in [5.41, 5.74) is 1.91. The van der Waals surface area contributed by atoms with Gasteiger partial charge in [-0.1, -0.05) is 23.2 Å². The third-order valence-electron chi connectivity index (χ3n) is 3.91. The molecule has 6 heteroatoms. The third-order valence-corrected chi connectivity index (χ3v) is 4.46. The van der Waals surface area contributed by atoms with Crippen LogP contribution in [0.25, 0.3) is 23.0 Å². The Balaban J connectivity index is 1.67. The Hall–Kier alpha value is -2.87. The van der Waals surface area contributed by atoms with Gasteiger partial charge in [-0.05, 0) is 60.2 Å². The number of rotatable bonds is 3. The molecule has 1 aromatic heterocycles. The first-order valence-electron chi connectivity index (χ1n) is 7.71. The van der Waals surface area contributed by atoms with E-state index in [1.807, 2.05) is 6.07 Å². The number of hydrogen-bond acceptors (Lipinski definition) is 4. The molecule has 0 atom stereocenters. The van der Waals surface area contributed by atoms with Crippen molar-refractivity contribution >= 4 is 34.9 Å². The normalized spacial score (nSPS) is 12.9. The lowest BCUT2D eigenvalue weighted by atomic mass is 10.1. The van der Waals surface area contributed by atoms with Crippen molar-refractivity contribution in [2.24, 2.45) is 0 Å². The van der Waals surface area contributed by atoms with Crippen LogP contribution in [0.15, 0.2) is 52.9 Å². The number of hydrogen-bond donors (Lipinski definition) is 0. The smallest absolute Gasteiger partial charge is 0.231 e. The molecule has 0 radical (unpaired) electrons. The molecule has 128 valence electrons. The fraction of sp³-hybridized carbons (Fsp3) is 0.0500. The van der Waals surface area contributed by atoms with Crippen molar-refractivity contribution in [3.05, 3.63) is 69.9 Å². The molecule has 26 heavy (non-hydrogen) atoms. The molecule has 0 bridgehead atoms. The van der Waals surface area contributed by atoms with Gasteiger partial charge in [0, 0.05) is 10.6 Å². The first-order valence-corrected chi connectivity index (χ1v) is 8.47. The highest BCUT2D eigenvalue weighted by Crippen LogP contribution is 2.36. The first-order chi connectivity index (χ1) is 12.6. The third kappa shape index (κ3) is 3.15. The summed E-state index contributed by atoms with van der Waals surface area (Å²) in [5, 5.41) is 10.6. The summed E-state index contributed by atoms with van der Waals surface area (Å²) in [7, 11) is 0. The maximum Gasteiger partial charge on any atom is 0.231 e. The average molecular weight is 384 g/mol. The summed E-state index contributed by atoms with van der Waals surface area (Å²) in [6.07, 6.45) is 1.67. The summed E-state index contributed by atoms with van der Waals surface area (Å²) in [6, 6.07) is 16.3. The molecule has 0 saturated heterocycles. The van der Waals surface area contributed by atoms with E-state index in [4.69, 9.17) is 37.1 Å². The molecule has 0 spiro atoms. The van der Waals surface area contributed by atoms with E-state index in [2.05, 4.69) is 6.07 Å². The molecule has 2 aromatic carbocycles. The number of benzene rings is 2. The molecule has 4 nitrogen and oxygen atoms in total. The SMILES string of the molecule is N#C/C(=C/c1ccc(-c2ccc(Cl)cc2Cl)o1)c1ccc2c(c1)OCO2. The lowest BCUT2D eigenvalue weighted by molar-refractivity contribution is 0.174.